The van der Waals surface area contributed by atoms with Crippen molar-refractivity contribution in [2.45, 2.75) is 59.5 Å². The lowest BCUT2D eigenvalue weighted by molar-refractivity contribution is -0.138. The molecule has 1 atom stereocenters. The van der Waals surface area contributed by atoms with E-state index in [0.29, 0.717) is 29.0 Å². The molecule has 7 heteroatoms. The van der Waals surface area contributed by atoms with Gasteiger partial charge in [-0.2, -0.15) is 0 Å². The number of halogens is 2. The van der Waals surface area contributed by atoms with Gasteiger partial charge in [0.15, 0.2) is 5.78 Å². The molecule has 0 bridgehead atoms. The lowest BCUT2D eigenvalue weighted by Gasteiger charge is -2.35. The summed E-state index contributed by atoms with van der Waals surface area (Å²) in [5.41, 5.74) is 6.41. The lowest BCUT2D eigenvalue weighted by atomic mass is 9.73. The summed E-state index contributed by atoms with van der Waals surface area (Å²) in [7, 11) is 0. The second-order valence-electron chi connectivity index (χ2n) is 8.98. The number of nitrogens with one attached hydrogen (secondary N) is 1. The number of Topliss-reactive ketones (excluding diaryl/α,β-unsaturated/α-hetero) is 1. The van der Waals surface area contributed by atoms with Gasteiger partial charge in [0.1, 0.15) is 18.2 Å². The van der Waals surface area contributed by atoms with Crippen molar-refractivity contribution in [3.63, 3.8) is 0 Å². The van der Waals surface area contributed by atoms with E-state index in [-0.39, 0.29) is 24.0 Å². The Balaban J connectivity index is 1.79. The van der Waals surface area contributed by atoms with Gasteiger partial charge in [0.25, 0.3) is 0 Å². The second kappa shape index (κ2) is 10.2. The molecule has 2 aromatic rings. The molecule has 2 aliphatic rings. The van der Waals surface area contributed by atoms with Crippen molar-refractivity contribution in [1.82, 2.24) is 5.32 Å². The predicted molar refractivity (Wildman–Crippen MR) is 133 cm³/mol. The Morgan fingerprint density at radius 1 is 1.14 bits per heavy atom. The molecular formula is C28H29ClFNO4. The molecule has 1 aliphatic heterocycles. The molecule has 35 heavy (non-hydrogen) atoms. The number of hydrogen-bond acceptors (Lipinski definition) is 5. The van der Waals surface area contributed by atoms with Gasteiger partial charge < -0.3 is 14.8 Å². The van der Waals surface area contributed by atoms with Gasteiger partial charge in [-0.3, -0.25) is 4.79 Å². The second-order valence-corrected chi connectivity index (χ2v) is 9.39. The minimum Gasteiger partial charge on any atom is -0.487 e. The molecule has 0 saturated heterocycles. The number of rotatable bonds is 6. The number of carbonyl (C=O) groups is 2. The number of ether oxygens (including phenoxy) is 2. The Morgan fingerprint density at radius 3 is 2.63 bits per heavy atom. The fourth-order valence-electron chi connectivity index (χ4n) is 4.90. The van der Waals surface area contributed by atoms with Crippen LogP contribution in [0.1, 0.15) is 61.3 Å². The quantitative estimate of drug-likeness (QED) is 0.481. The number of benzene rings is 2. The zero-order valence-electron chi connectivity index (χ0n) is 20.4. The number of carbonyl (C=O) groups excluding carboxylic acids is 2. The molecule has 1 N–H and O–H groups in total. The smallest absolute Gasteiger partial charge is 0.336 e. The number of allylic oxidation sites excluding steroid dienone is 3. The van der Waals surface area contributed by atoms with Gasteiger partial charge in [0.05, 0.1) is 17.2 Å². The molecule has 2 aromatic carbocycles. The fourth-order valence-corrected chi connectivity index (χ4v) is 5.13. The summed E-state index contributed by atoms with van der Waals surface area (Å²) in [5, 5.41) is 3.50. The van der Waals surface area contributed by atoms with Gasteiger partial charge in [-0.15, -0.1) is 0 Å². The highest BCUT2D eigenvalue weighted by Gasteiger charge is 2.39. The van der Waals surface area contributed by atoms with Gasteiger partial charge in [-0.25, -0.2) is 9.18 Å². The van der Waals surface area contributed by atoms with Crippen LogP contribution in [-0.4, -0.2) is 18.4 Å². The van der Waals surface area contributed by atoms with E-state index in [1.165, 1.54) is 18.2 Å². The van der Waals surface area contributed by atoms with Crippen LogP contribution in [-0.2, 0) is 20.9 Å². The van der Waals surface area contributed by atoms with E-state index >= 15 is 0 Å². The maximum atomic E-state index is 13.4. The van der Waals surface area contributed by atoms with E-state index in [4.69, 9.17) is 21.1 Å². The molecule has 0 spiro atoms. The largest absolute Gasteiger partial charge is 0.487 e. The topological polar surface area (TPSA) is 64.6 Å². The highest BCUT2D eigenvalue weighted by Crippen LogP contribution is 2.44. The van der Waals surface area contributed by atoms with Crippen molar-refractivity contribution in [2.24, 2.45) is 0 Å². The van der Waals surface area contributed by atoms with Crippen molar-refractivity contribution in [2.75, 3.05) is 6.61 Å². The number of aryl methyl sites for hydroxylation is 2. The Morgan fingerprint density at radius 2 is 1.91 bits per heavy atom. The molecule has 1 aliphatic carbocycles. The minimum absolute atomic E-state index is 0.0499. The van der Waals surface area contributed by atoms with Gasteiger partial charge >= 0.3 is 5.97 Å². The first-order valence-corrected chi connectivity index (χ1v) is 12.2. The van der Waals surface area contributed by atoms with E-state index in [9.17, 15) is 14.0 Å². The molecule has 0 unspecified atom stereocenters. The summed E-state index contributed by atoms with van der Waals surface area (Å²) in [5.74, 6) is -0.951. The molecule has 0 aromatic heterocycles. The summed E-state index contributed by atoms with van der Waals surface area (Å²) >= 11 is 6.13. The van der Waals surface area contributed by atoms with Crippen LogP contribution in [0.4, 0.5) is 4.39 Å². The van der Waals surface area contributed by atoms with E-state index in [1.54, 1.807) is 6.92 Å². The lowest BCUT2D eigenvalue weighted by Crippen LogP contribution is -2.34. The predicted octanol–water partition coefficient (Wildman–Crippen LogP) is 6.21. The van der Waals surface area contributed by atoms with E-state index in [2.05, 4.69) is 5.32 Å². The first-order valence-electron chi connectivity index (χ1n) is 11.8. The molecule has 4 rings (SSSR count). The fraction of sp³-hybridized carbons (Fsp3) is 0.357. The normalized spacial score (nSPS) is 17.8. The molecule has 0 fully saturated rings. The third-order valence-electron chi connectivity index (χ3n) is 6.58. The highest BCUT2D eigenvalue weighted by molar-refractivity contribution is 6.32. The van der Waals surface area contributed by atoms with Gasteiger partial charge in [0, 0.05) is 29.3 Å². The molecule has 0 radical (unpaired) electrons. The first kappa shape index (κ1) is 25.0. The van der Waals surface area contributed by atoms with Crippen LogP contribution in [0, 0.1) is 19.7 Å². The van der Waals surface area contributed by atoms with Gasteiger partial charge in [0.2, 0.25) is 0 Å². The third kappa shape index (κ3) is 4.98. The molecule has 5 nitrogen and oxygen atoms in total. The van der Waals surface area contributed by atoms with Gasteiger partial charge in [-0.05, 0) is 81.0 Å². The summed E-state index contributed by atoms with van der Waals surface area (Å²) in [4.78, 5) is 26.2. The molecule has 0 saturated carbocycles. The third-order valence-corrected chi connectivity index (χ3v) is 6.88. The summed E-state index contributed by atoms with van der Waals surface area (Å²) in [6, 6.07) is 8.04. The van der Waals surface area contributed by atoms with Gasteiger partial charge in [-0.1, -0.05) is 23.7 Å². The van der Waals surface area contributed by atoms with Crippen molar-refractivity contribution >= 4 is 23.4 Å². The Kier molecular flexibility index (Phi) is 7.31. The van der Waals surface area contributed by atoms with Crippen molar-refractivity contribution in [3.05, 3.63) is 86.0 Å². The maximum absolute atomic E-state index is 13.4. The first-order chi connectivity index (χ1) is 16.7. The molecule has 1 heterocycles. The van der Waals surface area contributed by atoms with E-state index in [1.807, 2.05) is 32.9 Å². The van der Waals surface area contributed by atoms with Crippen molar-refractivity contribution < 1.29 is 23.5 Å². The molecule has 184 valence electrons. The molecular weight excluding hydrogens is 469 g/mol. The number of esters is 1. The number of ketones is 1. The molecule has 0 amide bonds. The Bertz CT molecular complexity index is 1260. The zero-order chi connectivity index (χ0) is 25.3. The minimum atomic E-state index is -0.521. The van der Waals surface area contributed by atoms with E-state index < -0.39 is 17.7 Å². The Labute approximate surface area is 210 Å². The average molecular weight is 498 g/mol. The van der Waals surface area contributed by atoms with Crippen molar-refractivity contribution in [1.29, 1.82) is 0 Å². The van der Waals surface area contributed by atoms with Crippen molar-refractivity contribution in [3.8, 4) is 5.75 Å². The summed E-state index contributed by atoms with van der Waals surface area (Å²) in [6.45, 7) is 8.03. The van der Waals surface area contributed by atoms with Crippen LogP contribution < -0.4 is 10.1 Å². The summed E-state index contributed by atoms with van der Waals surface area (Å²) < 4.78 is 24.7. The van der Waals surface area contributed by atoms with Crippen LogP contribution in [0.3, 0.4) is 0 Å². The summed E-state index contributed by atoms with van der Waals surface area (Å²) in [6.07, 6.45) is 1.99. The van der Waals surface area contributed by atoms with Crippen LogP contribution in [0.5, 0.6) is 5.75 Å². The zero-order valence-corrected chi connectivity index (χ0v) is 21.1. The number of dihydropyridines is 1. The van der Waals surface area contributed by atoms with Crippen LogP contribution in [0.15, 0.2) is 52.9 Å². The van der Waals surface area contributed by atoms with Crippen LogP contribution >= 0.6 is 11.6 Å². The SMILES string of the molecule is CCOC(=O)C1=C(C)NC2=C(C(=O)CCC2)[C@H]1c1cc(COc2ccc(F)cc2Cl)c(C)cc1C. The standard InChI is InChI=1S/C28H29ClFNO4/c1-5-34-28(33)25-17(4)31-22-7-6-8-23(32)27(22)26(25)20-12-18(15(2)11-16(20)3)14-35-24-10-9-19(30)13-21(24)29/h9-13,26,31H,5-8,14H2,1-4H3/t26-/m0/s1. The monoisotopic (exact) mass is 497 g/mol. The van der Waals surface area contributed by atoms with Crippen LogP contribution in [0.25, 0.3) is 0 Å². The average Bonchev–Trinajstić information content (AvgIpc) is 2.79. The van der Waals surface area contributed by atoms with Crippen LogP contribution in [0.2, 0.25) is 5.02 Å². The highest BCUT2D eigenvalue weighted by atomic mass is 35.5. The maximum Gasteiger partial charge on any atom is 0.336 e. The Hall–Kier alpha value is -3.12. The van der Waals surface area contributed by atoms with E-state index in [0.717, 1.165) is 40.8 Å². The number of hydrogen-bond donors (Lipinski definition) is 1.